The van der Waals surface area contributed by atoms with Crippen LogP contribution in [0.5, 0.6) is 0 Å². The minimum atomic E-state index is -6.29. The van der Waals surface area contributed by atoms with Crippen LogP contribution in [0.4, 0.5) is 17.1 Å². The average Bonchev–Trinajstić information content (AvgIpc) is 1.52. The van der Waals surface area contributed by atoms with Crippen LogP contribution in [0.2, 0.25) is 0 Å². The van der Waals surface area contributed by atoms with E-state index in [0.717, 1.165) is 4.13 Å². The van der Waals surface area contributed by atoms with Gasteiger partial charge in [0.1, 0.15) is 0 Å². The molecule has 0 N–H and O–H groups in total. The van der Waals surface area contributed by atoms with Gasteiger partial charge in [0.15, 0.2) is 10.0 Å². The van der Waals surface area contributed by atoms with E-state index >= 15 is 0 Å². The maximum Gasteiger partial charge on any atom is 1.00 e. The molecule has 0 spiro atoms. The smallest absolute Gasteiger partial charge is 0.400 e. The zero-order valence-electron chi connectivity index (χ0n) is 5.91. The van der Waals surface area contributed by atoms with E-state index in [4.69, 9.17) is 0 Å². The Morgan fingerprint density at radius 1 is 1.00 bits per heavy atom. The Kier molecular flexibility index (Phi) is 4.98. The van der Waals surface area contributed by atoms with Crippen molar-refractivity contribution in [1.29, 1.82) is 0 Å². The van der Waals surface area contributed by atoms with Crippen LogP contribution in [0.15, 0.2) is 0 Å². The van der Waals surface area contributed by atoms with Crippen LogP contribution in [0.3, 0.4) is 0 Å². The minimum Gasteiger partial charge on any atom is -0.400 e. The summed E-state index contributed by atoms with van der Waals surface area (Å²) in [6, 6.07) is 0. The molecule has 0 fully saturated rings. The quantitative estimate of drug-likeness (QED) is 0.300. The van der Waals surface area contributed by atoms with Gasteiger partial charge in [0, 0.05) is 0 Å². The average molecular weight is 237 g/mol. The molecule has 0 aliphatic rings. The van der Waals surface area contributed by atoms with E-state index in [-0.39, 0.29) is 18.9 Å². The van der Waals surface area contributed by atoms with E-state index in [1.54, 1.807) is 0 Å². The van der Waals surface area contributed by atoms with Crippen molar-refractivity contribution in [3.63, 3.8) is 0 Å². The molecular weight excluding hydrogens is 237 g/mol. The summed E-state index contributed by atoms with van der Waals surface area (Å²) in [6.45, 7) is 0. The third-order valence-electron chi connectivity index (χ3n) is 0.480. The molecule has 0 bridgehead atoms. The van der Waals surface area contributed by atoms with Crippen LogP contribution in [-0.2, 0) is 20.4 Å². The number of rotatable bonds is 2. The molecule has 0 aromatic carbocycles. The molecule has 13 heavy (non-hydrogen) atoms. The van der Waals surface area contributed by atoms with Gasteiger partial charge in [-0.2, -0.15) is 13.2 Å². The molecule has 0 aliphatic heterocycles. The van der Waals surface area contributed by atoms with Crippen LogP contribution >= 0.6 is 0 Å². The summed E-state index contributed by atoms with van der Waals surface area (Å²) in [5.74, 6) is 0. The number of hydrogen-bond donors (Lipinski definition) is 0. The van der Waals surface area contributed by atoms with Crippen molar-refractivity contribution in [2.24, 2.45) is 0 Å². The Labute approximate surface area is 83.1 Å². The number of hydrogen-bond acceptors (Lipinski definition) is 4. The van der Waals surface area contributed by atoms with Gasteiger partial charge in [-0.3, -0.25) is 0 Å². The van der Waals surface area contributed by atoms with Crippen LogP contribution in [-0.4, -0.2) is 22.3 Å². The van der Waals surface area contributed by atoms with Crippen LogP contribution in [0.1, 0.15) is 0 Å². The third-order valence-corrected chi connectivity index (χ3v) is 2.56. The molecule has 0 unspecified atom stereocenters. The first-order chi connectivity index (χ1) is 4.96. The van der Waals surface area contributed by atoms with Crippen molar-refractivity contribution in [1.82, 2.24) is 0 Å². The monoisotopic (exact) mass is 237 g/mol. The zero-order valence-corrected chi connectivity index (χ0v) is 7.54. The van der Waals surface area contributed by atoms with Gasteiger partial charge >= 0.3 is 24.4 Å². The Bertz CT molecular complexity index is 354. The van der Waals surface area contributed by atoms with Gasteiger partial charge in [-0.05, 0) is 0 Å². The number of nitrogens with zero attached hydrogens (tertiary/aromatic N) is 1. The molecule has 0 heterocycles. The Hall–Kier alpha value is 0.177. The first-order valence-electron chi connectivity index (χ1n) is 1.96. The SMILES string of the molecule is O=S(=O)(F)[N-]S(=O)(=O)C(F)(F)F.[Li+]. The molecule has 0 aromatic rings. The summed E-state index contributed by atoms with van der Waals surface area (Å²) >= 11 is 0. The minimum absolute atomic E-state index is 0. The fourth-order valence-electron chi connectivity index (χ4n) is 0.159. The van der Waals surface area contributed by atoms with Gasteiger partial charge in [0.25, 0.3) is 0 Å². The number of alkyl halides is 3. The largest absolute Gasteiger partial charge is 1.00 e. The van der Waals surface area contributed by atoms with Crippen LogP contribution in [0, 0.1) is 0 Å². The summed E-state index contributed by atoms with van der Waals surface area (Å²) in [4.78, 5) is 0. The third kappa shape index (κ3) is 5.48. The van der Waals surface area contributed by atoms with E-state index < -0.39 is 25.9 Å². The molecule has 0 aromatic heterocycles. The van der Waals surface area contributed by atoms with E-state index in [9.17, 15) is 33.9 Å². The summed E-state index contributed by atoms with van der Waals surface area (Å²) in [6.07, 6.45) is 0. The molecule has 0 saturated heterocycles. The Balaban J connectivity index is 0. The van der Waals surface area contributed by atoms with Gasteiger partial charge in [-0.25, -0.2) is 16.8 Å². The maximum atomic E-state index is 11.3. The zero-order chi connectivity index (χ0) is 10.2. The van der Waals surface area contributed by atoms with E-state index in [2.05, 4.69) is 0 Å². The normalized spacial score (nSPS) is 13.5. The van der Waals surface area contributed by atoms with Crippen LogP contribution in [0.25, 0.3) is 4.13 Å². The standard InChI is InChI=1S/CF4NO4S2.Li/c2-1(3,4)11(7,8)6-12(5,9)10;/q-1;+1. The molecule has 0 atom stereocenters. The molecular formula is CF4LiNO4S2. The number of sulfonamides is 1. The van der Waals surface area contributed by atoms with Gasteiger partial charge in [0.2, 0.25) is 10.4 Å². The molecule has 0 radical (unpaired) electrons. The predicted octanol–water partition coefficient (Wildman–Crippen LogP) is -2.57. The second-order valence-electron chi connectivity index (χ2n) is 1.41. The molecule has 5 nitrogen and oxygen atoms in total. The fourth-order valence-corrected chi connectivity index (χ4v) is 1.44. The molecule has 0 rings (SSSR count). The molecule has 12 heteroatoms. The molecule has 74 valence electrons. The van der Waals surface area contributed by atoms with E-state index in [0.29, 0.717) is 0 Å². The van der Waals surface area contributed by atoms with Gasteiger partial charge < -0.3 is 4.13 Å². The predicted molar refractivity (Wildman–Crippen MR) is 28.4 cm³/mol. The second kappa shape index (κ2) is 4.14. The summed E-state index contributed by atoms with van der Waals surface area (Å²) in [5.41, 5.74) is -5.91. The van der Waals surface area contributed by atoms with E-state index in [1.807, 2.05) is 0 Å². The second-order valence-corrected chi connectivity index (χ2v) is 4.24. The maximum absolute atomic E-state index is 11.3. The van der Waals surface area contributed by atoms with Crippen molar-refractivity contribution < 1.29 is 52.8 Å². The first kappa shape index (κ1) is 15.6. The van der Waals surface area contributed by atoms with Crippen molar-refractivity contribution in [3.8, 4) is 0 Å². The summed E-state index contributed by atoms with van der Waals surface area (Å²) in [7, 11) is -12.3. The van der Waals surface area contributed by atoms with Gasteiger partial charge in [0.05, 0.1) is 0 Å². The van der Waals surface area contributed by atoms with Crippen molar-refractivity contribution in [3.05, 3.63) is 4.13 Å². The summed E-state index contributed by atoms with van der Waals surface area (Å²) < 4.78 is 84.3. The fraction of sp³-hybridized carbons (Fsp3) is 1.00. The van der Waals surface area contributed by atoms with Crippen molar-refractivity contribution >= 4 is 20.4 Å². The molecule has 0 saturated carbocycles. The van der Waals surface area contributed by atoms with Crippen molar-refractivity contribution in [2.45, 2.75) is 5.51 Å². The van der Waals surface area contributed by atoms with E-state index in [1.165, 1.54) is 0 Å². The van der Waals surface area contributed by atoms with Gasteiger partial charge in [-0.1, -0.05) is 0 Å². The topological polar surface area (TPSA) is 82.4 Å². The Morgan fingerprint density at radius 3 is 1.38 bits per heavy atom. The molecule has 0 aliphatic carbocycles. The number of halogens is 4. The Morgan fingerprint density at radius 2 is 1.31 bits per heavy atom. The van der Waals surface area contributed by atoms with Crippen LogP contribution < -0.4 is 18.9 Å². The summed E-state index contributed by atoms with van der Waals surface area (Å²) in [5, 5.41) is 0. The first-order valence-corrected chi connectivity index (χ1v) is 4.74. The van der Waals surface area contributed by atoms with Crippen molar-refractivity contribution in [2.75, 3.05) is 0 Å². The van der Waals surface area contributed by atoms with Gasteiger partial charge in [-0.15, -0.1) is 3.89 Å². The molecule has 0 amide bonds.